The second kappa shape index (κ2) is 9.51. The Morgan fingerprint density at radius 2 is 1.85 bits per heavy atom. The van der Waals surface area contributed by atoms with E-state index < -0.39 is 17.7 Å². The number of aryl methyl sites for hydroxylation is 1. The number of carboxylic acid groups (broad SMARTS) is 1. The first kappa shape index (κ1) is 25.6. The lowest BCUT2D eigenvalue weighted by Gasteiger charge is -2.22. The van der Waals surface area contributed by atoms with Gasteiger partial charge < -0.3 is 14.4 Å². The first-order valence-corrected chi connectivity index (χ1v) is 12.7. The molecule has 2 aromatic heterocycles. The van der Waals surface area contributed by atoms with E-state index in [9.17, 15) is 27.9 Å². The van der Waals surface area contributed by atoms with Crippen molar-refractivity contribution in [2.24, 2.45) is 0 Å². The molecule has 0 spiro atoms. The minimum atomic E-state index is -4.46. The molecule has 0 bridgehead atoms. The van der Waals surface area contributed by atoms with E-state index in [4.69, 9.17) is 4.74 Å². The molecule has 6 nitrogen and oxygen atoms in total. The molecule has 0 saturated heterocycles. The minimum Gasteiger partial charge on any atom is -0.493 e. The van der Waals surface area contributed by atoms with E-state index in [0.29, 0.717) is 51.0 Å². The summed E-state index contributed by atoms with van der Waals surface area (Å²) in [5.74, 6) is -0.287. The summed E-state index contributed by atoms with van der Waals surface area (Å²) in [6.07, 6.45) is -2.25. The predicted octanol–water partition coefficient (Wildman–Crippen LogP) is 6.15. The number of carboxylic acids is 1. The molecule has 0 unspecified atom stereocenters. The van der Waals surface area contributed by atoms with Crippen LogP contribution in [0, 0.1) is 6.92 Å². The molecule has 3 aromatic carbocycles. The average Bonchev–Trinajstić information content (AvgIpc) is 2.91. The van der Waals surface area contributed by atoms with Crippen LogP contribution in [0.1, 0.15) is 27.8 Å². The quantitative estimate of drug-likeness (QED) is 0.287. The zero-order valence-corrected chi connectivity index (χ0v) is 21.4. The summed E-state index contributed by atoms with van der Waals surface area (Å²) in [6, 6.07) is 15.2. The Morgan fingerprint density at radius 3 is 2.58 bits per heavy atom. The van der Waals surface area contributed by atoms with Gasteiger partial charge in [0, 0.05) is 35.0 Å². The third kappa shape index (κ3) is 4.37. The summed E-state index contributed by atoms with van der Waals surface area (Å²) < 4.78 is 46.6. The van der Waals surface area contributed by atoms with Crippen molar-refractivity contribution < 1.29 is 27.8 Å². The normalized spacial score (nSPS) is 13.0. The van der Waals surface area contributed by atoms with Gasteiger partial charge in [-0.1, -0.05) is 12.1 Å². The summed E-state index contributed by atoms with van der Waals surface area (Å²) in [5, 5.41) is 11.3. The lowest BCUT2D eigenvalue weighted by molar-refractivity contribution is -0.138. The number of hydrogen-bond acceptors (Lipinski definition) is 4. The molecule has 6 rings (SSSR count). The zero-order valence-electron chi connectivity index (χ0n) is 21.4. The SMILES string of the molecule is Cc1cc2c(ccc(=O)n2Cc2ccc(C(F)(F)F)cc2)c(-c2ccc3c4c(ccnc24)CCO3)c1CC(=O)O. The summed E-state index contributed by atoms with van der Waals surface area (Å²) in [7, 11) is 0. The number of rotatable bonds is 5. The number of carbonyl (C=O) groups is 1. The molecular formula is C31H23F3N2O4. The smallest absolute Gasteiger partial charge is 0.416 e. The Bertz CT molecular complexity index is 1870. The highest BCUT2D eigenvalue weighted by Gasteiger charge is 2.30. The Morgan fingerprint density at radius 1 is 1.07 bits per heavy atom. The zero-order chi connectivity index (χ0) is 28.2. The molecule has 0 radical (unpaired) electrons. The molecule has 202 valence electrons. The molecule has 1 aliphatic rings. The highest BCUT2D eigenvalue weighted by atomic mass is 19.4. The van der Waals surface area contributed by atoms with Crippen molar-refractivity contribution in [3.8, 4) is 16.9 Å². The summed E-state index contributed by atoms with van der Waals surface area (Å²) in [4.78, 5) is 29.7. The molecule has 3 heterocycles. The fourth-order valence-corrected chi connectivity index (χ4v) is 5.55. The first-order chi connectivity index (χ1) is 19.1. The van der Waals surface area contributed by atoms with Crippen molar-refractivity contribution >= 4 is 27.8 Å². The maximum absolute atomic E-state index is 13.1. The van der Waals surface area contributed by atoms with Gasteiger partial charge in [-0.2, -0.15) is 13.2 Å². The molecule has 1 aliphatic heterocycles. The maximum atomic E-state index is 13.1. The van der Waals surface area contributed by atoms with Gasteiger partial charge in [0.25, 0.3) is 5.56 Å². The summed E-state index contributed by atoms with van der Waals surface area (Å²) in [6.45, 7) is 2.39. The Balaban J connectivity index is 1.61. The number of aromatic nitrogens is 2. The van der Waals surface area contributed by atoms with Crippen LogP contribution < -0.4 is 10.3 Å². The highest BCUT2D eigenvalue weighted by molar-refractivity contribution is 6.08. The van der Waals surface area contributed by atoms with Gasteiger partial charge in [-0.15, -0.1) is 0 Å². The third-order valence-corrected chi connectivity index (χ3v) is 7.41. The number of nitrogens with zero attached hydrogens (tertiary/aromatic N) is 2. The van der Waals surface area contributed by atoms with Crippen molar-refractivity contribution in [3.05, 3.63) is 105 Å². The number of aliphatic carboxylic acids is 1. The van der Waals surface area contributed by atoms with Gasteiger partial charge in [0.2, 0.25) is 0 Å². The summed E-state index contributed by atoms with van der Waals surface area (Å²) in [5.41, 5.74) is 4.38. The van der Waals surface area contributed by atoms with E-state index in [1.165, 1.54) is 22.8 Å². The minimum absolute atomic E-state index is 0.0430. The van der Waals surface area contributed by atoms with Crippen LogP contribution in [0.2, 0.25) is 0 Å². The van der Waals surface area contributed by atoms with Crippen molar-refractivity contribution in [1.82, 2.24) is 9.55 Å². The van der Waals surface area contributed by atoms with E-state index in [1.807, 2.05) is 18.2 Å². The first-order valence-electron chi connectivity index (χ1n) is 12.7. The van der Waals surface area contributed by atoms with Crippen molar-refractivity contribution in [2.75, 3.05) is 6.61 Å². The fraction of sp³-hybridized carbons (Fsp3) is 0.194. The number of alkyl halides is 3. The Kier molecular flexibility index (Phi) is 6.09. The van der Waals surface area contributed by atoms with E-state index in [2.05, 4.69) is 4.98 Å². The molecule has 1 N–H and O–H groups in total. The third-order valence-electron chi connectivity index (χ3n) is 7.41. The molecule has 5 aromatic rings. The van der Waals surface area contributed by atoms with Crippen molar-refractivity contribution in [2.45, 2.75) is 32.5 Å². The van der Waals surface area contributed by atoms with Crippen LogP contribution in [0.15, 0.2) is 71.7 Å². The molecule has 0 saturated carbocycles. The van der Waals surface area contributed by atoms with Gasteiger partial charge in [0.1, 0.15) is 5.75 Å². The van der Waals surface area contributed by atoms with E-state index in [-0.39, 0.29) is 18.5 Å². The van der Waals surface area contributed by atoms with Gasteiger partial charge in [0.05, 0.1) is 36.2 Å². The van der Waals surface area contributed by atoms with E-state index in [1.54, 1.807) is 25.3 Å². The molecule has 0 fully saturated rings. The maximum Gasteiger partial charge on any atom is 0.416 e. The van der Waals surface area contributed by atoms with Crippen LogP contribution in [0.5, 0.6) is 5.75 Å². The number of pyridine rings is 2. The lowest BCUT2D eigenvalue weighted by Crippen LogP contribution is -2.21. The summed E-state index contributed by atoms with van der Waals surface area (Å²) >= 11 is 0. The second-order valence-electron chi connectivity index (χ2n) is 9.91. The lowest BCUT2D eigenvalue weighted by atomic mass is 9.87. The largest absolute Gasteiger partial charge is 0.493 e. The van der Waals surface area contributed by atoms with Crippen LogP contribution in [-0.4, -0.2) is 27.2 Å². The van der Waals surface area contributed by atoms with Gasteiger partial charge in [-0.25, -0.2) is 0 Å². The van der Waals surface area contributed by atoms with Gasteiger partial charge in [0.15, 0.2) is 0 Å². The second-order valence-corrected chi connectivity index (χ2v) is 9.91. The molecule has 9 heteroatoms. The van der Waals surface area contributed by atoms with Crippen LogP contribution in [0.4, 0.5) is 13.2 Å². The fourth-order valence-electron chi connectivity index (χ4n) is 5.55. The van der Waals surface area contributed by atoms with Crippen molar-refractivity contribution in [1.29, 1.82) is 0 Å². The van der Waals surface area contributed by atoms with Gasteiger partial charge in [-0.3, -0.25) is 14.6 Å². The highest BCUT2D eigenvalue weighted by Crippen LogP contribution is 2.42. The molecule has 0 amide bonds. The molecule has 40 heavy (non-hydrogen) atoms. The number of benzene rings is 3. The van der Waals surface area contributed by atoms with Crippen LogP contribution in [0.25, 0.3) is 32.9 Å². The standard InChI is InChI=1S/C31H23F3N2O4/c1-17-14-24-21(7-9-26(37)36(24)16-18-2-4-20(5-3-18)31(32,33)34)29(23(17)15-27(38)39)22-6-8-25-28-19(11-13-40-25)10-12-35-30(22)28/h2-10,12,14H,11,13,15-16H2,1H3,(H,38,39). The monoisotopic (exact) mass is 544 g/mol. The number of hydrogen-bond donors (Lipinski definition) is 1. The van der Waals surface area contributed by atoms with Crippen LogP contribution >= 0.6 is 0 Å². The molecule has 0 aliphatic carbocycles. The number of fused-ring (bicyclic) bond motifs is 1. The van der Waals surface area contributed by atoms with Gasteiger partial charge >= 0.3 is 12.1 Å². The van der Waals surface area contributed by atoms with Gasteiger partial charge in [-0.05, 0) is 77.2 Å². The molecular weight excluding hydrogens is 521 g/mol. The number of ether oxygens (including phenoxy) is 1. The average molecular weight is 545 g/mol. The topological polar surface area (TPSA) is 81.4 Å². The Hall–Kier alpha value is -4.66. The van der Waals surface area contributed by atoms with Crippen LogP contribution in [0.3, 0.4) is 0 Å². The van der Waals surface area contributed by atoms with Crippen LogP contribution in [-0.2, 0) is 30.4 Å². The van der Waals surface area contributed by atoms with E-state index in [0.717, 1.165) is 35.1 Å². The Labute approximate surface area is 226 Å². The predicted molar refractivity (Wildman–Crippen MR) is 145 cm³/mol. The van der Waals surface area contributed by atoms with E-state index >= 15 is 0 Å². The molecule has 0 atom stereocenters. The number of halogens is 3. The van der Waals surface area contributed by atoms with Crippen molar-refractivity contribution in [3.63, 3.8) is 0 Å².